The summed E-state index contributed by atoms with van der Waals surface area (Å²) in [7, 11) is 3.17. The fourth-order valence-electron chi connectivity index (χ4n) is 3.47. The summed E-state index contributed by atoms with van der Waals surface area (Å²) in [6.07, 6.45) is 9.14. The third-order valence-electron chi connectivity index (χ3n) is 5.77. The highest BCUT2D eigenvalue weighted by atomic mass is 32.2. The Morgan fingerprint density at radius 1 is 1.23 bits per heavy atom. The lowest BCUT2D eigenvalue weighted by molar-refractivity contribution is -0.167. The molecule has 0 aliphatic heterocycles. The van der Waals surface area contributed by atoms with E-state index in [0.29, 0.717) is 18.1 Å². The average Bonchev–Trinajstić information content (AvgIpc) is 3.55. The first-order valence-electron chi connectivity index (χ1n) is 11.2. The molecule has 3 rings (SSSR count). The van der Waals surface area contributed by atoms with Crippen molar-refractivity contribution >= 4 is 17.7 Å². The van der Waals surface area contributed by atoms with E-state index in [-0.39, 0.29) is 25.9 Å². The van der Waals surface area contributed by atoms with Gasteiger partial charge in [0, 0.05) is 32.2 Å². The number of pyridine rings is 1. The predicted octanol–water partition coefficient (Wildman–Crippen LogP) is 3.72. The Morgan fingerprint density at radius 2 is 2.06 bits per heavy atom. The molecule has 1 aromatic heterocycles. The molecule has 2 fully saturated rings. The molecular formula is C23H36N2O5S. The van der Waals surface area contributed by atoms with Gasteiger partial charge in [0.05, 0.1) is 18.7 Å². The van der Waals surface area contributed by atoms with Crippen LogP contribution in [0.5, 0.6) is 5.75 Å². The monoisotopic (exact) mass is 452 g/mol. The second-order valence-electron chi connectivity index (χ2n) is 8.38. The summed E-state index contributed by atoms with van der Waals surface area (Å²) in [4.78, 5) is 19.1. The van der Waals surface area contributed by atoms with Crippen LogP contribution in [0.25, 0.3) is 0 Å². The van der Waals surface area contributed by atoms with Crippen molar-refractivity contribution in [3.05, 3.63) is 24.0 Å². The largest absolute Gasteiger partial charge is 0.493 e. The number of hydrogen-bond donors (Lipinski definition) is 0. The van der Waals surface area contributed by atoms with E-state index < -0.39 is 6.23 Å². The zero-order valence-corrected chi connectivity index (χ0v) is 19.6. The van der Waals surface area contributed by atoms with E-state index in [4.69, 9.17) is 18.9 Å². The number of carbonyl (C=O) groups excluding carboxylic acids is 1. The van der Waals surface area contributed by atoms with Crippen molar-refractivity contribution < 1.29 is 23.7 Å². The zero-order valence-electron chi connectivity index (χ0n) is 18.8. The molecule has 0 radical (unpaired) electrons. The molecule has 2 aliphatic carbocycles. The van der Waals surface area contributed by atoms with Gasteiger partial charge in [0.15, 0.2) is 0 Å². The minimum Gasteiger partial charge on any atom is -0.493 e. The van der Waals surface area contributed by atoms with Gasteiger partial charge in [0.2, 0.25) is 5.91 Å². The van der Waals surface area contributed by atoms with Crippen LogP contribution in [-0.4, -0.2) is 67.9 Å². The molecule has 174 valence electrons. The zero-order chi connectivity index (χ0) is 21.9. The number of rotatable bonds is 16. The fourth-order valence-corrected chi connectivity index (χ4v) is 4.75. The summed E-state index contributed by atoms with van der Waals surface area (Å²) in [5.41, 5.74) is 0.683. The summed E-state index contributed by atoms with van der Waals surface area (Å²) in [6.45, 7) is 1.00. The van der Waals surface area contributed by atoms with Crippen molar-refractivity contribution in [1.82, 2.24) is 9.88 Å². The minimum absolute atomic E-state index is 0.0881. The quantitative estimate of drug-likeness (QED) is 0.354. The molecule has 0 saturated heterocycles. The van der Waals surface area contributed by atoms with E-state index >= 15 is 0 Å². The first kappa shape index (κ1) is 24.3. The molecule has 2 aliphatic rings. The number of carbonyl (C=O) groups is 1. The molecule has 1 heterocycles. The second-order valence-corrected chi connectivity index (χ2v) is 9.46. The molecular weight excluding hydrogens is 416 g/mol. The van der Waals surface area contributed by atoms with Crippen LogP contribution < -0.4 is 4.74 Å². The summed E-state index contributed by atoms with van der Waals surface area (Å²) in [6, 6.07) is 3.70. The van der Waals surface area contributed by atoms with E-state index in [1.165, 1.54) is 32.1 Å². The molecule has 2 saturated carbocycles. The topological polar surface area (TPSA) is 70.1 Å². The van der Waals surface area contributed by atoms with Crippen LogP contribution in [0.2, 0.25) is 0 Å². The second kappa shape index (κ2) is 13.3. The molecule has 0 bridgehead atoms. The highest BCUT2D eigenvalue weighted by Crippen LogP contribution is 2.32. The van der Waals surface area contributed by atoms with E-state index in [9.17, 15) is 4.79 Å². The molecule has 8 heteroatoms. The normalized spacial score (nSPS) is 17.2. The lowest BCUT2D eigenvalue weighted by Crippen LogP contribution is -2.46. The fraction of sp³-hybridized carbons (Fsp3) is 0.739. The highest BCUT2D eigenvalue weighted by molar-refractivity contribution is 7.99. The third-order valence-corrected chi connectivity index (χ3v) is 6.99. The smallest absolute Gasteiger partial charge is 0.232 e. The van der Waals surface area contributed by atoms with E-state index in [1.54, 1.807) is 25.3 Å². The number of hydrogen-bond acceptors (Lipinski definition) is 7. The van der Waals surface area contributed by atoms with Crippen LogP contribution in [0.4, 0.5) is 0 Å². The number of aromatic nitrogens is 1. The van der Waals surface area contributed by atoms with Gasteiger partial charge in [0.25, 0.3) is 0 Å². The number of ether oxygens (including phenoxy) is 4. The lowest BCUT2D eigenvalue weighted by atomic mass is 9.87. The van der Waals surface area contributed by atoms with Crippen molar-refractivity contribution in [2.24, 2.45) is 11.8 Å². The number of thioether (sulfide) groups is 1. The Balaban J connectivity index is 1.55. The molecule has 1 atom stereocenters. The van der Waals surface area contributed by atoms with Gasteiger partial charge in [-0.25, -0.2) is 0 Å². The van der Waals surface area contributed by atoms with Gasteiger partial charge in [-0.3, -0.25) is 14.7 Å². The van der Waals surface area contributed by atoms with Crippen molar-refractivity contribution in [1.29, 1.82) is 0 Å². The average molecular weight is 453 g/mol. The maximum atomic E-state index is 13.1. The van der Waals surface area contributed by atoms with Crippen LogP contribution in [0.1, 0.15) is 44.2 Å². The molecule has 0 aromatic carbocycles. The predicted molar refractivity (Wildman–Crippen MR) is 121 cm³/mol. The maximum absolute atomic E-state index is 13.1. The first-order valence-corrected chi connectivity index (χ1v) is 12.4. The lowest BCUT2D eigenvalue weighted by Gasteiger charge is -2.32. The van der Waals surface area contributed by atoms with Crippen molar-refractivity contribution in [2.75, 3.05) is 45.9 Å². The molecule has 0 unspecified atom stereocenters. The SMILES string of the molecule is COCO[C@H](CSCC1CCC1)N(COC)C(=O)Cc1cc(OCCC2CC2)ccn1. The van der Waals surface area contributed by atoms with Crippen LogP contribution in [-0.2, 0) is 25.4 Å². The third kappa shape index (κ3) is 8.60. The van der Waals surface area contributed by atoms with Crippen molar-refractivity contribution in [2.45, 2.75) is 51.2 Å². The van der Waals surface area contributed by atoms with Crippen LogP contribution in [0.3, 0.4) is 0 Å². The van der Waals surface area contributed by atoms with Gasteiger partial charge in [0.1, 0.15) is 25.5 Å². The molecule has 1 amide bonds. The Kier molecular flexibility index (Phi) is 10.4. The van der Waals surface area contributed by atoms with Gasteiger partial charge < -0.3 is 18.9 Å². The van der Waals surface area contributed by atoms with E-state index in [0.717, 1.165) is 29.8 Å². The van der Waals surface area contributed by atoms with Gasteiger partial charge in [-0.1, -0.05) is 19.3 Å². The standard InChI is InChI=1S/C23H36N2O5S/c1-27-16-25(23(30-17-28-2)15-31-14-19-4-3-5-19)22(26)13-20-12-21(8-10-24-20)29-11-9-18-6-7-18/h8,10,12,18-19,23H,3-7,9,11,13-17H2,1-2H3/t23-/m1/s1. The van der Waals surface area contributed by atoms with Gasteiger partial charge in [-0.15, -0.1) is 0 Å². The number of amides is 1. The molecule has 31 heavy (non-hydrogen) atoms. The van der Waals surface area contributed by atoms with E-state index in [2.05, 4.69) is 4.98 Å². The molecule has 7 nitrogen and oxygen atoms in total. The summed E-state index contributed by atoms with van der Waals surface area (Å²) < 4.78 is 22.1. The molecule has 1 aromatic rings. The van der Waals surface area contributed by atoms with Crippen molar-refractivity contribution in [3.63, 3.8) is 0 Å². The Hall–Kier alpha value is -1.35. The minimum atomic E-state index is -0.407. The Morgan fingerprint density at radius 3 is 2.74 bits per heavy atom. The van der Waals surface area contributed by atoms with Gasteiger partial charge >= 0.3 is 0 Å². The van der Waals surface area contributed by atoms with Crippen LogP contribution >= 0.6 is 11.8 Å². The molecule has 0 spiro atoms. The van der Waals surface area contributed by atoms with Gasteiger partial charge in [-0.05, 0) is 42.9 Å². The maximum Gasteiger partial charge on any atom is 0.232 e. The first-order chi connectivity index (χ1) is 15.2. The van der Waals surface area contributed by atoms with Crippen LogP contribution in [0, 0.1) is 11.8 Å². The Bertz CT molecular complexity index is 669. The number of methoxy groups -OCH3 is 2. The highest BCUT2D eigenvalue weighted by Gasteiger charge is 2.26. The summed E-state index contributed by atoms with van der Waals surface area (Å²) >= 11 is 1.83. The number of nitrogens with zero attached hydrogens (tertiary/aromatic N) is 2. The summed E-state index contributed by atoms with van der Waals surface area (Å²) in [5.74, 6) is 4.09. The van der Waals surface area contributed by atoms with Crippen LogP contribution in [0.15, 0.2) is 18.3 Å². The summed E-state index contributed by atoms with van der Waals surface area (Å²) in [5, 5.41) is 0. The molecule has 0 N–H and O–H groups in total. The van der Waals surface area contributed by atoms with Crippen molar-refractivity contribution in [3.8, 4) is 5.75 Å². The van der Waals surface area contributed by atoms with Gasteiger partial charge in [-0.2, -0.15) is 11.8 Å². The Labute approximate surface area is 190 Å². The van der Waals surface area contributed by atoms with E-state index in [1.807, 2.05) is 23.9 Å².